The first kappa shape index (κ1) is 10.8. The van der Waals surface area contributed by atoms with Crippen LogP contribution in [-0.4, -0.2) is 25.0 Å². The number of allylic oxidation sites excluding steroid dienone is 3. The lowest BCUT2D eigenvalue weighted by molar-refractivity contribution is 0.316. The van der Waals surface area contributed by atoms with Crippen LogP contribution in [0.25, 0.3) is 0 Å². The number of halogens is 1. The summed E-state index contributed by atoms with van der Waals surface area (Å²) in [6, 6.07) is 0.558. The van der Waals surface area contributed by atoms with E-state index in [4.69, 9.17) is 11.6 Å². The van der Waals surface area contributed by atoms with E-state index in [1.165, 1.54) is 5.57 Å². The van der Waals surface area contributed by atoms with Crippen molar-refractivity contribution < 1.29 is 0 Å². The molecule has 1 nitrogen and oxygen atoms in total. The Morgan fingerprint density at radius 1 is 1.54 bits per heavy atom. The van der Waals surface area contributed by atoms with Gasteiger partial charge >= 0.3 is 0 Å². The molecule has 1 atom stereocenters. The Hall–Kier alpha value is -0.270. The summed E-state index contributed by atoms with van der Waals surface area (Å²) >= 11 is 5.98. The van der Waals surface area contributed by atoms with Crippen molar-refractivity contribution in [3.63, 3.8) is 0 Å². The molecule has 0 fully saturated rings. The molecule has 1 unspecified atom stereocenters. The first-order valence-corrected chi connectivity index (χ1v) is 5.25. The van der Waals surface area contributed by atoms with E-state index in [-0.39, 0.29) is 0 Å². The SMILES string of the molecule is CCC(C1=CC(Cl)=CCC1)N(C)C. The van der Waals surface area contributed by atoms with Crippen molar-refractivity contribution in [1.82, 2.24) is 4.90 Å². The Morgan fingerprint density at radius 3 is 2.69 bits per heavy atom. The van der Waals surface area contributed by atoms with Gasteiger partial charge in [-0.1, -0.05) is 30.2 Å². The van der Waals surface area contributed by atoms with Gasteiger partial charge in [0.1, 0.15) is 0 Å². The smallest absolute Gasteiger partial charge is 0.0366 e. The van der Waals surface area contributed by atoms with Crippen molar-refractivity contribution >= 4 is 11.6 Å². The highest BCUT2D eigenvalue weighted by Crippen LogP contribution is 2.25. The van der Waals surface area contributed by atoms with Crippen molar-refractivity contribution in [3.8, 4) is 0 Å². The number of hydrogen-bond donors (Lipinski definition) is 0. The van der Waals surface area contributed by atoms with Crippen molar-refractivity contribution in [2.24, 2.45) is 0 Å². The molecule has 74 valence electrons. The van der Waals surface area contributed by atoms with E-state index in [9.17, 15) is 0 Å². The second-order valence-corrected chi connectivity index (χ2v) is 4.17. The fourth-order valence-corrected chi connectivity index (χ4v) is 2.16. The summed E-state index contributed by atoms with van der Waals surface area (Å²) < 4.78 is 0. The molecule has 0 N–H and O–H groups in total. The van der Waals surface area contributed by atoms with Gasteiger partial charge in [-0.05, 0) is 39.4 Å². The van der Waals surface area contributed by atoms with Crippen molar-refractivity contribution in [2.75, 3.05) is 14.1 Å². The molecule has 0 aromatic heterocycles. The maximum atomic E-state index is 5.98. The van der Waals surface area contributed by atoms with Crippen LogP contribution < -0.4 is 0 Å². The Labute approximate surface area is 86.1 Å². The number of hydrogen-bond acceptors (Lipinski definition) is 1. The largest absolute Gasteiger partial charge is 0.303 e. The highest BCUT2D eigenvalue weighted by molar-refractivity contribution is 6.31. The first-order chi connectivity index (χ1) is 6.15. The predicted octanol–water partition coefficient (Wildman–Crippen LogP) is 3.17. The molecule has 13 heavy (non-hydrogen) atoms. The fraction of sp³-hybridized carbons (Fsp3) is 0.636. The van der Waals surface area contributed by atoms with Crippen LogP contribution in [0, 0.1) is 0 Å². The molecular weight excluding hydrogens is 182 g/mol. The predicted molar refractivity (Wildman–Crippen MR) is 59.0 cm³/mol. The van der Waals surface area contributed by atoms with Gasteiger partial charge in [0, 0.05) is 11.1 Å². The van der Waals surface area contributed by atoms with Crippen molar-refractivity contribution in [3.05, 3.63) is 22.8 Å². The van der Waals surface area contributed by atoms with E-state index in [1.807, 2.05) is 0 Å². The summed E-state index contributed by atoms with van der Waals surface area (Å²) in [5, 5.41) is 0.904. The van der Waals surface area contributed by atoms with E-state index in [1.54, 1.807) is 0 Å². The second kappa shape index (κ2) is 4.83. The molecule has 0 saturated heterocycles. The van der Waals surface area contributed by atoms with Gasteiger partial charge in [-0.2, -0.15) is 0 Å². The van der Waals surface area contributed by atoms with Crippen LogP contribution in [0.3, 0.4) is 0 Å². The average molecular weight is 200 g/mol. The van der Waals surface area contributed by atoms with Gasteiger partial charge in [-0.15, -0.1) is 0 Å². The monoisotopic (exact) mass is 199 g/mol. The standard InChI is InChI=1S/C11H18ClN/c1-4-11(13(2)3)9-6-5-7-10(12)8-9/h7-8,11H,4-6H2,1-3H3. The molecule has 0 heterocycles. The van der Waals surface area contributed by atoms with Gasteiger partial charge in [0.2, 0.25) is 0 Å². The van der Waals surface area contributed by atoms with Gasteiger partial charge < -0.3 is 4.90 Å². The maximum Gasteiger partial charge on any atom is 0.0366 e. The van der Waals surface area contributed by atoms with Crippen LogP contribution in [0.15, 0.2) is 22.8 Å². The molecule has 1 rings (SSSR count). The summed E-state index contributed by atoms with van der Waals surface area (Å²) in [5.41, 5.74) is 1.47. The molecule has 0 saturated carbocycles. The summed E-state index contributed by atoms with van der Waals surface area (Å²) in [4.78, 5) is 2.27. The molecule has 0 aromatic rings. The van der Waals surface area contributed by atoms with Gasteiger partial charge in [0.05, 0.1) is 0 Å². The first-order valence-electron chi connectivity index (χ1n) is 4.87. The van der Waals surface area contributed by atoms with Gasteiger partial charge in [0.25, 0.3) is 0 Å². The third-order valence-electron chi connectivity index (χ3n) is 2.53. The lowest BCUT2D eigenvalue weighted by Gasteiger charge is -2.27. The van der Waals surface area contributed by atoms with Crippen LogP contribution in [0.5, 0.6) is 0 Å². The molecule has 1 aliphatic carbocycles. The zero-order valence-corrected chi connectivity index (χ0v) is 9.43. The zero-order chi connectivity index (χ0) is 9.84. The lowest BCUT2D eigenvalue weighted by atomic mass is 9.95. The van der Waals surface area contributed by atoms with E-state index in [0.29, 0.717) is 6.04 Å². The normalized spacial score (nSPS) is 19.8. The quantitative estimate of drug-likeness (QED) is 0.675. The molecule has 0 spiro atoms. The number of nitrogens with zero attached hydrogens (tertiary/aromatic N) is 1. The third kappa shape index (κ3) is 2.85. The van der Waals surface area contributed by atoms with Crippen LogP contribution in [0.4, 0.5) is 0 Å². The molecule has 0 bridgehead atoms. The minimum Gasteiger partial charge on any atom is -0.303 e. The zero-order valence-electron chi connectivity index (χ0n) is 8.68. The molecule has 0 aromatic carbocycles. The molecular formula is C11H18ClN. The van der Waals surface area contributed by atoms with Crippen molar-refractivity contribution in [1.29, 1.82) is 0 Å². The lowest BCUT2D eigenvalue weighted by Crippen LogP contribution is -2.29. The summed E-state index contributed by atoms with van der Waals surface area (Å²) in [5.74, 6) is 0. The minimum absolute atomic E-state index is 0.558. The number of likely N-dealkylation sites (N-methyl/N-ethyl adjacent to an activating group) is 1. The summed E-state index contributed by atoms with van der Waals surface area (Å²) in [6.07, 6.45) is 7.62. The van der Waals surface area contributed by atoms with E-state index in [2.05, 4.69) is 38.1 Å². The Balaban J connectivity index is 2.74. The minimum atomic E-state index is 0.558. The van der Waals surface area contributed by atoms with Gasteiger partial charge in [0.15, 0.2) is 0 Å². The van der Waals surface area contributed by atoms with E-state index < -0.39 is 0 Å². The van der Waals surface area contributed by atoms with E-state index >= 15 is 0 Å². The number of rotatable bonds is 3. The molecule has 0 aliphatic heterocycles. The van der Waals surface area contributed by atoms with Crippen LogP contribution in [-0.2, 0) is 0 Å². The van der Waals surface area contributed by atoms with Crippen LogP contribution >= 0.6 is 11.6 Å². The maximum absolute atomic E-state index is 5.98. The van der Waals surface area contributed by atoms with Gasteiger partial charge in [-0.3, -0.25) is 0 Å². The van der Waals surface area contributed by atoms with Gasteiger partial charge in [-0.25, -0.2) is 0 Å². The van der Waals surface area contributed by atoms with E-state index in [0.717, 1.165) is 24.3 Å². The Morgan fingerprint density at radius 2 is 2.23 bits per heavy atom. The third-order valence-corrected chi connectivity index (χ3v) is 2.80. The second-order valence-electron chi connectivity index (χ2n) is 3.73. The topological polar surface area (TPSA) is 3.24 Å². The molecule has 2 heteroatoms. The highest BCUT2D eigenvalue weighted by atomic mass is 35.5. The van der Waals surface area contributed by atoms with Crippen molar-refractivity contribution in [2.45, 2.75) is 32.2 Å². The Kier molecular flexibility index (Phi) is 4.01. The Bertz CT molecular complexity index is 228. The highest BCUT2D eigenvalue weighted by Gasteiger charge is 2.16. The molecule has 0 amide bonds. The molecule has 0 radical (unpaired) electrons. The van der Waals surface area contributed by atoms with Crippen LogP contribution in [0.2, 0.25) is 0 Å². The van der Waals surface area contributed by atoms with Crippen LogP contribution in [0.1, 0.15) is 26.2 Å². The molecule has 1 aliphatic rings. The summed E-state index contributed by atoms with van der Waals surface area (Å²) in [6.45, 7) is 2.22. The summed E-state index contributed by atoms with van der Waals surface area (Å²) in [7, 11) is 4.25. The fourth-order valence-electron chi connectivity index (χ4n) is 1.91. The average Bonchev–Trinajstić information content (AvgIpc) is 2.04.